The summed E-state index contributed by atoms with van der Waals surface area (Å²) in [7, 11) is 1.52. The predicted molar refractivity (Wildman–Crippen MR) is 84.1 cm³/mol. The van der Waals surface area contributed by atoms with Crippen molar-refractivity contribution in [2.24, 2.45) is 5.92 Å². The number of phenols is 1. The standard InChI is InChI=1S/C15H24BrNO3/c1-5-10(2)15(3,19)9-17-8-11-6-12(16)14(18)13(7-11)20-4/h6-7,10,17-19H,5,8-9H2,1-4H3. The second-order valence-corrected chi connectivity index (χ2v) is 6.25. The normalized spacial score (nSPS) is 15.7. The van der Waals surface area contributed by atoms with Gasteiger partial charge in [-0.25, -0.2) is 0 Å². The van der Waals surface area contributed by atoms with Crippen molar-refractivity contribution in [1.29, 1.82) is 0 Å². The van der Waals surface area contributed by atoms with Crippen LogP contribution in [0.3, 0.4) is 0 Å². The van der Waals surface area contributed by atoms with Crippen LogP contribution in [0.2, 0.25) is 0 Å². The summed E-state index contributed by atoms with van der Waals surface area (Å²) in [4.78, 5) is 0. The lowest BCUT2D eigenvalue weighted by molar-refractivity contribution is 0.00534. The Balaban J connectivity index is 2.65. The van der Waals surface area contributed by atoms with Gasteiger partial charge in [0, 0.05) is 13.1 Å². The number of halogens is 1. The molecular formula is C15H24BrNO3. The molecule has 114 valence electrons. The fourth-order valence-corrected chi connectivity index (χ4v) is 2.45. The van der Waals surface area contributed by atoms with Crippen LogP contribution in [0.1, 0.15) is 32.8 Å². The van der Waals surface area contributed by atoms with Gasteiger partial charge in [-0.15, -0.1) is 0 Å². The summed E-state index contributed by atoms with van der Waals surface area (Å²) in [6.45, 7) is 7.08. The number of hydrogen-bond acceptors (Lipinski definition) is 4. The Morgan fingerprint density at radius 2 is 2.10 bits per heavy atom. The largest absolute Gasteiger partial charge is 0.503 e. The van der Waals surface area contributed by atoms with E-state index in [2.05, 4.69) is 28.2 Å². The van der Waals surface area contributed by atoms with Crippen LogP contribution < -0.4 is 10.1 Å². The van der Waals surface area contributed by atoms with E-state index < -0.39 is 5.60 Å². The Labute approximate surface area is 129 Å². The van der Waals surface area contributed by atoms with Gasteiger partial charge < -0.3 is 20.3 Å². The molecule has 1 aromatic carbocycles. The third-order valence-electron chi connectivity index (χ3n) is 3.79. The van der Waals surface area contributed by atoms with Crippen molar-refractivity contribution in [1.82, 2.24) is 5.32 Å². The summed E-state index contributed by atoms with van der Waals surface area (Å²) in [5.74, 6) is 0.767. The summed E-state index contributed by atoms with van der Waals surface area (Å²) in [5.41, 5.74) is 0.249. The first kappa shape index (κ1) is 17.3. The summed E-state index contributed by atoms with van der Waals surface area (Å²) in [6, 6.07) is 3.62. The first-order valence-electron chi connectivity index (χ1n) is 6.80. The molecule has 2 unspecified atom stereocenters. The maximum atomic E-state index is 10.3. The maximum absolute atomic E-state index is 10.3. The Bertz CT molecular complexity index is 449. The molecule has 0 saturated carbocycles. The van der Waals surface area contributed by atoms with Gasteiger partial charge in [-0.05, 0) is 46.5 Å². The monoisotopic (exact) mass is 345 g/mol. The van der Waals surface area contributed by atoms with Crippen LogP contribution in [-0.4, -0.2) is 29.5 Å². The Morgan fingerprint density at radius 3 is 2.65 bits per heavy atom. The topological polar surface area (TPSA) is 61.7 Å². The minimum absolute atomic E-state index is 0.0999. The number of aliphatic hydroxyl groups is 1. The molecule has 0 aliphatic heterocycles. The third kappa shape index (κ3) is 4.36. The van der Waals surface area contributed by atoms with Crippen molar-refractivity contribution in [3.63, 3.8) is 0 Å². The van der Waals surface area contributed by atoms with Gasteiger partial charge >= 0.3 is 0 Å². The van der Waals surface area contributed by atoms with E-state index in [4.69, 9.17) is 4.74 Å². The number of phenolic OH excluding ortho intramolecular Hbond substituents is 1. The summed E-state index contributed by atoms with van der Waals surface area (Å²) >= 11 is 3.30. The molecule has 4 nitrogen and oxygen atoms in total. The maximum Gasteiger partial charge on any atom is 0.172 e. The molecule has 0 saturated heterocycles. The molecule has 5 heteroatoms. The van der Waals surface area contributed by atoms with E-state index in [1.54, 1.807) is 6.07 Å². The van der Waals surface area contributed by atoms with Crippen molar-refractivity contribution < 1.29 is 14.9 Å². The van der Waals surface area contributed by atoms with Gasteiger partial charge in [-0.3, -0.25) is 0 Å². The zero-order chi connectivity index (χ0) is 15.3. The SMILES string of the molecule is CCC(C)C(C)(O)CNCc1cc(Br)c(O)c(OC)c1. The van der Waals surface area contributed by atoms with E-state index in [1.807, 2.05) is 19.9 Å². The lowest BCUT2D eigenvalue weighted by atomic mass is 9.88. The summed E-state index contributed by atoms with van der Waals surface area (Å²) in [5, 5.41) is 23.3. The predicted octanol–water partition coefficient (Wildman–Crippen LogP) is 3.05. The first-order valence-corrected chi connectivity index (χ1v) is 7.59. The van der Waals surface area contributed by atoms with Crippen molar-refractivity contribution >= 4 is 15.9 Å². The molecule has 1 rings (SSSR count). The van der Waals surface area contributed by atoms with E-state index in [1.165, 1.54) is 7.11 Å². The molecule has 0 aliphatic carbocycles. The highest BCUT2D eigenvalue weighted by molar-refractivity contribution is 9.10. The van der Waals surface area contributed by atoms with Crippen molar-refractivity contribution in [3.05, 3.63) is 22.2 Å². The molecule has 0 bridgehead atoms. The molecule has 0 spiro atoms. The molecule has 2 atom stereocenters. The molecule has 1 aromatic rings. The van der Waals surface area contributed by atoms with E-state index in [0.717, 1.165) is 12.0 Å². The van der Waals surface area contributed by atoms with Gasteiger partial charge in [0.25, 0.3) is 0 Å². The van der Waals surface area contributed by atoms with Gasteiger partial charge in [0.1, 0.15) is 0 Å². The minimum atomic E-state index is -0.729. The second-order valence-electron chi connectivity index (χ2n) is 5.40. The summed E-state index contributed by atoms with van der Waals surface area (Å²) < 4.78 is 5.71. The number of benzene rings is 1. The van der Waals surface area contributed by atoms with E-state index in [-0.39, 0.29) is 11.7 Å². The highest BCUT2D eigenvalue weighted by atomic mass is 79.9. The van der Waals surface area contributed by atoms with Crippen LogP contribution in [0.25, 0.3) is 0 Å². The van der Waals surface area contributed by atoms with Crippen LogP contribution in [0.4, 0.5) is 0 Å². The number of hydrogen-bond donors (Lipinski definition) is 3. The smallest absolute Gasteiger partial charge is 0.172 e. The Kier molecular flexibility index (Phi) is 6.30. The lowest BCUT2D eigenvalue weighted by Gasteiger charge is -2.30. The lowest BCUT2D eigenvalue weighted by Crippen LogP contribution is -2.42. The van der Waals surface area contributed by atoms with Gasteiger partial charge in [0.2, 0.25) is 0 Å². The van der Waals surface area contributed by atoms with Crippen LogP contribution >= 0.6 is 15.9 Å². The van der Waals surface area contributed by atoms with Gasteiger partial charge in [0.15, 0.2) is 11.5 Å². The van der Waals surface area contributed by atoms with Crippen LogP contribution in [0, 0.1) is 5.92 Å². The van der Waals surface area contributed by atoms with Gasteiger partial charge in [-0.2, -0.15) is 0 Å². The van der Waals surface area contributed by atoms with Gasteiger partial charge in [0.05, 0.1) is 17.2 Å². The molecule has 0 aromatic heterocycles. The average molecular weight is 346 g/mol. The quantitative estimate of drug-likeness (QED) is 0.710. The van der Waals surface area contributed by atoms with E-state index in [0.29, 0.717) is 23.3 Å². The molecule has 20 heavy (non-hydrogen) atoms. The molecule has 0 heterocycles. The fourth-order valence-electron chi connectivity index (χ4n) is 1.96. The van der Waals surface area contributed by atoms with Crippen molar-refractivity contribution in [2.75, 3.05) is 13.7 Å². The molecule has 0 fully saturated rings. The fraction of sp³-hybridized carbons (Fsp3) is 0.600. The summed E-state index contributed by atoms with van der Waals surface area (Å²) in [6.07, 6.45) is 0.938. The highest BCUT2D eigenvalue weighted by Gasteiger charge is 2.26. The van der Waals surface area contributed by atoms with E-state index >= 15 is 0 Å². The second kappa shape index (κ2) is 7.29. The minimum Gasteiger partial charge on any atom is -0.503 e. The van der Waals surface area contributed by atoms with Crippen LogP contribution in [-0.2, 0) is 6.54 Å². The molecule has 0 aliphatic rings. The van der Waals surface area contributed by atoms with Crippen molar-refractivity contribution in [3.8, 4) is 11.5 Å². The molecular weight excluding hydrogens is 322 g/mol. The zero-order valence-electron chi connectivity index (χ0n) is 12.5. The first-order chi connectivity index (χ1) is 9.31. The third-order valence-corrected chi connectivity index (χ3v) is 4.40. The zero-order valence-corrected chi connectivity index (χ0v) is 14.1. The Morgan fingerprint density at radius 1 is 1.45 bits per heavy atom. The van der Waals surface area contributed by atoms with Crippen molar-refractivity contribution in [2.45, 2.75) is 39.3 Å². The van der Waals surface area contributed by atoms with Gasteiger partial charge in [-0.1, -0.05) is 20.3 Å². The van der Waals surface area contributed by atoms with Crippen LogP contribution in [0.5, 0.6) is 11.5 Å². The number of methoxy groups -OCH3 is 1. The average Bonchev–Trinajstić information content (AvgIpc) is 2.41. The molecule has 0 amide bonds. The number of rotatable bonds is 7. The molecule has 0 radical (unpaired) electrons. The van der Waals surface area contributed by atoms with Crippen LogP contribution in [0.15, 0.2) is 16.6 Å². The number of nitrogens with one attached hydrogen (secondary N) is 1. The molecule has 3 N–H and O–H groups in total. The highest BCUT2D eigenvalue weighted by Crippen LogP contribution is 2.35. The Hall–Kier alpha value is -0.780. The van der Waals surface area contributed by atoms with E-state index in [9.17, 15) is 10.2 Å². The number of aromatic hydroxyl groups is 1. The number of ether oxygens (including phenoxy) is 1.